The summed E-state index contributed by atoms with van der Waals surface area (Å²) in [5.41, 5.74) is 5.59. The number of hydrogen-bond acceptors (Lipinski definition) is 3. The van der Waals surface area contributed by atoms with E-state index in [1.54, 1.807) is 0 Å². The molecule has 4 heteroatoms. The van der Waals surface area contributed by atoms with Gasteiger partial charge >= 0.3 is 5.97 Å². The SMILES string of the molecule is COC(=O)CCC1CC(N)C1.Cl. The molecule has 72 valence electrons. The van der Waals surface area contributed by atoms with Gasteiger partial charge in [-0.05, 0) is 25.2 Å². The molecule has 0 aromatic carbocycles. The molecule has 1 fully saturated rings. The molecule has 1 saturated carbocycles. The summed E-state index contributed by atoms with van der Waals surface area (Å²) in [7, 11) is 1.43. The molecule has 0 aromatic rings. The standard InChI is InChI=1S/C8H15NO2.ClH/c1-11-8(10)3-2-6-4-7(9)5-6;/h6-7H,2-5,9H2,1H3;1H. The Morgan fingerprint density at radius 3 is 2.58 bits per heavy atom. The van der Waals surface area contributed by atoms with Crippen molar-refractivity contribution in [1.29, 1.82) is 0 Å². The minimum Gasteiger partial charge on any atom is -0.469 e. The molecule has 12 heavy (non-hydrogen) atoms. The van der Waals surface area contributed by atoms with E-state index in [0.717, 1.165) is 19.3 Å². The number of esters is 1. The molecule has 0 aliphatic heterocycles. The largest absolute Gasteiger partial charge is 0.469 e. The quantitative estimate of drug-likeness (QED) is 0.683. The number of carbonyl (C=O) groups excluding carboxylic acids is 1. The van der Waals surface area contributed by atoms with E-state index in [2.05, 4.69) is 4.74 Å². The van der Waals surface area contributed by atoms with Crippen molar-refractivity contribution in [2.75, 3.05) is 7.11 Å². The Hall–Kier alpha value is -0.280. The van der Waals surface area contributed by atoms with Crippen LogP contribution in [0.1, 0.15) is 25.7 Å². The summed E-state index contributed by atoms with van der Waals surface area (Å²) in [6.45, 7) is 0. The predicted molar refractivity (Wildman–Crippen MR) is 49.2 cm³/mol. The van der Waals surface area contributed by atoms with E-state index < -0.39 is 0 Å². The van der Waals surface area contributed by atoms with Gasteiger partial charge in [0.05, 0.1) is 7.11 Å². The van der Waals surface area contributed by atoms with Crippen molar-refractivity contribution < 1.29 is 9.53 Å². The fraction of sp³-hybridized carbons (Fsp3) is 0.875. The molecule has 3 nitrogen and oxygen atoms in total. The molecule has 2 N–H and O–H groups in total. The topological polar surface area (TPSA) is 52.3 Å². The first-order valence-electron chi connectivity index (χ1n) is 4.04. The first kappa shape index (κ1) is 11.7. The molecule has 0 heterocycles. The number of hydrogen-bond donors (Lipinski definition) is 1. The molecule has 1 rings (SSSR count). The van der Waals surface area contributed by atoms with E-state index in [1.165, 1.54) is 7.11 Å². The van der Waals surface area contributed by atoms with Gasteiger partial charge in [0, 0.05) is 12.5 Å². The molecule has 0 atom stereocenters. The van der Waals surface area contributed by atoms with Crippen molar-refractivity contribution in [3.05, 3.63) is 0 Å². The number of methoxy groups -OCH3 is 1. The molecular formula is C8H16ClNO2. The summed E-state index contributed by atoms with van der Waals surface area (Å²) in [5.74, 6) is 0.564. The summed E-state index contributed by atoms with van der Waals surface area (Å²) < 4.78 is 4.53. The number of ether oxygens (including phenoxy) is 1. The lowest BCUT2D eigenvalue weighted by molar-refractivity contribution is -0.141. The molecule has 0 amide bonds. The number of nitrogens with two attached hydrogens (primary N) is 1. The molecule has 0 radical (unpaired) electrons. The third-order valence-corrected chi connectivity index (χ3v) is 2.26. The minimum atomic E-state index is -0.106. The van der Waals surface area contributed by atoms with Crippen LogP contribution in [0.3, 0.4) is 0 Å². The number of rotatable bonds is 3. The highest BCUT2D eigenvalue weighted by Gasteiger charge is 2.25. The number of halogens is 1. The van der Waals surface area contributed by atoms with E-state index >= 15 is 0 Å². The molecule has 0 saturated heterocycles. The molecule has 1 aliphatic rings. The second-order valence-electron chi connectivity index (χ2n) is 3.21. The van der Waals surface area contributed by atoms with Crippen LogP contribution in [0.15, 0.2) is 0 Å². The van der Waals surface area contributed by atoms with Crippen molar-refractivity contribution in [1.82, 2.24) is 0 Å². The van der Waals surface area contributed by atoms with Gasteiger partial charge in [-0.25, -0.2) is 0 Å². The first-order valence-corrected chi connectivity index (χ1v) is 4.04. The lowest BCUT2D eigenvalue weighted by atomic mass is 9.78. The van der Waals surface area contributed by atoms with Gasteiger partial charge in [0.1, 0.15) is 0 Å². The molecule has 1 aliphatic carbocycles. The van der Waals surface area contributed by atoms with E-state index in [-0.39, 0.29) is 18.4 Å². The summed E-state index contributed by atoms with van der Waals surface area (Å²) in [6.07, 6.45) is 3.66. The lowest BCUT2D eigenvalue weighted by Crippen LogP contribution is -2.36. The first-order chi connectivity index (χ1) is 5.22. The second-order valence-corrected chi connectivity index (χ2v) is 3.21. The van der Waals surface area contributed by atoms with Crippen molar-refractivity contribution in [3.63, 3.8) is 0 Å². The van der Waals surface area contributed by atoms with E-state index in [4.69, 9.17) is 5.73 Å². The Morgan fingerprint density at radius 1 is 1.58 bits per heavy atom. The van der Waals surface area contributed by atoms with Gasteiger partial charge in [-0.15, -0.1) is 12.4 Å². The highest BCUT2D eigenvalue weighted by atomic mass is 35.5. The maximum Gasteiger partial charge on any atom is 0.305 e. The van der Waals surface area contributed by atoms with Crippen LogP contribution in [0, 0.1) is 5.92 Å². The van der Waals surface area contributed by atoms with Crippen LogP contribution < -0.4 is 5.73 Å². The van der Waals surface area contributed by atoms with Crippen LogP contribution in [0.5, 0.6) is 0 Å². The zero-order valence-corrected chi connectivity index (χ0v) is 8.10. The summed E-state index contributed by atoms with van der Waals surface area (Å²) in [5, 5.41) is 0. The molecule has 0 aromatic heterocycles. The molecule has 0 bridgehead atoms. The molecular weight excluding hydrogens is 178 g/mol. The van der Waals surface area contributed by atoms with Gasteiger partial charge < -0.3 is 10.5 Å². The lowest BCUT2D eigenvalue weighted by Gasteiger charge is -2.31. The fourth-order valence-electron chi connectivity index (χ4n) is 1.45. The van der Waals surface area contributed by atoms with Crippen LogP contribution >= 0.6 is 12.4 Å². The summed E-state index contributed by atoms with van der Waals surface area (Å²) in [6, 6.07) is 0.387. The summed E-state index contributed by atoms with van der Waals surface area (Å²) >= 11 is 0. The Kier molecular flexibility index (Phi) is 5.25. The second kappa shape index (κ2) is 5.38. The number of carbonyl (C=O) groups is 1. The van der Waals surface area contributed by atoms with E-state index in [1.807, 2.05) is 0 Å². The Bertz CT molecular complexity index is 146. The third kappa shape index (κ3) is 3.41. The Labute approximate surface area is 79.1 Å². The van der Waals surface area contributed by atoms with Gasteiger partial charge in [0.15, 0.2) is 0 Å². The van der Waals surface area contributed by atoms with Gasteiger partial charge in [0.25, 0.3) is 0 Å². The van der Waals surface area contributed by atoms with Gasteiger partial charge in [-0.1, -0.05) is 0 Å². The average Bonchev–Trinajstić information content (AvgIpc) is 1.95. The summed E-state index contributed by atoms with van der Waals surface area (Å²) in [4.78, 5) is 10.7. The van der Waals surface area contributed by atoms with Crippen molar-refractivity contribution in [2.24, 2.45) is 11.7 Å². The average molecular weight is 194 g/mol. The van der Waals surface area contributed by atoms with Crippen molar-refractivity contribution in [3.8, 4) is 0 Å². The smallest absolute Gasteiger partial charge is 0.305 e. The normalized spacial score (nSPS) is 26.8. The van der Waals surface area contributed by atoms with Crippen LogP contribution in [-0.2, 0) is 9.53 Å². The van der Waals surface area contributed by atoms with Gasteiger partial charge in [-0.2, -0.15) is 0 Å². The van der Waals surface area contributed by atoms with Crippen LogP contribution in [-0.4, -0.2) is 19.1 Å². The van der Waals surface area contributed by atoms with Gasteiger partial charge in [-0.3, -0.25) is 4.79 Å². The molecule has 0 unspecified atom stereocenters. The van der Waals surface area contributed by atoms with Crippen molar-refractivity contribution >= 4 is 18.4 Å². The highest BCUT2D eigenvalue weighted by Crippen LogP contribution is 2.29. The zero-order chi connectivity index (χ0) is 8.27. The monoisotopic (exact) mass is 193 g/mol. The van der Waals surface area contributed by atoms with Crippen LogP contribution in [0.4, 0.5) is 0 Å². The van der Waals surface area contributed by atoms with Gasteiger partial charge in [0.2, 0.25) is 0 Å². The van der Waals surface area contributed by atoms with E-state index in [0.29, 0.717) is 18.4 Å². The maximum absolute atomic E-state index is 10.7. The minimum absolute atomic E-state index is 0. The zero-order valence-electron chi connectivity index (χ0n) is 7.29. The third-order valence-electron chi connectivity index (χ3n) is 2.26. The Balaban J connectivity index is 0.00000121. The molecule has 0 spiro atoms. The fourth-order valence-corrected chi connectivity index (χ4v) is 1.45. The van der Waals surface area contributed by atoms with Crippen LogP contribution in [0.2, 0.25) is 0 Å². The van der Waals surface area contributed by atoms with E-state index in [9.17, 15) is 4.79 Å². The predicted octanol–water partition coefficient (Wildman–Crippen LogP) is 1.10. The Morgan fingerprint density at radius 2 is 2.17 bits per heavy atom. The van der Waals surface area contributed by atoms with Crippen molar-refractivity contribution in [2.45, 2.75) is 31.7 Å². The highest BCUT2D eigenvalue weighted by molar-refractivity contribution is 5.85. The maximum atomic E-state index is 10.7. The van der Waals surface area contributed by atoms with Crippen LogP contribution in [0.25, 0.3) is 0 Å².